The van der Waals surface area contributed by atoms with Crippen LogP contribution in [-0.4, -0.2) is 36.8 Å². The summed E-state index contributed by atoms with van der Waals surface area (Å²) in [6.07, 6.45) is 0.847. The smallest absolute Gasteiger partial charge is 0.242 e. The van der Waals surface area contributed by atoms with Crippen molar-refractivity contribution < 1.29 is 18.0 Å². The molecule has 8 nitrogen and oxygen atoms in total. The predicted molar refractivity (Wildman–Crippen MR) is 126 cm³/mol. The number of benzene rings is 2. The summed E-state index contributed by atoms with van der Waals surface area (Å²) >= 11 is 0. The van der Waals surface area contributed by atoms with Gasteiger partial charge in [-0.1, -0.05) is 50.2 Å². The maximum Gasteiger partial charge on any atom is 0.242 e. The van der Waals surface area contributed by atoms with E-state index in [1.54, 1.807) is 32.0 Å². The number of fused-ring (bicyclic) bond motifs is 3. The minimum Gasteiger partial charge on any atom is -0.368 e. The molecule has 5 N–H and O–H groups in total. The van der Waals surface area contributed by atoms with Crippen LogP contribution in [-0.2, 0) is 32.5 Å². The fourth-order valence-electron chi connectivity index (χ4n) is 4.49. The van der Waals surface area contributed by atoms with Crippen LogP contribution in [0.2, 0.25) is 0 Å². The summed E-state index contributed by atoms with van der Waals surface area (Å²) < 4.78 is 29.3. The van der Waals surface area contributed by atoms with E-state index in [1.807, 2.05) is 24.3 Å². The highest BCUT2D eigenvalue weighted by Crippen LogP contribution is 2.35. The molecule has 9 heteroatoms. The summed E-state index contributed by atoms with van der Waals surface area (Å²) in [6.45, 7) is 3.55. The van der Waals surface area contributed by atoms with Crippen LogP contribution < -0.4 is 15.8 Å². The van der Waals surface area contributed by atoms with Crippen molar-refractivity contribution in [2.75, 3.05) is 0 Å². The third kappa shape index (κ3) is 4.38. The van der Waals surface area contributed by atoms with E-state index in [0.717, 1.165) is 22.2 Å². The topological polar surface area (TPSA) is 134 Å². The van der Waals surface area contributed by atoms with Crippen LogP contribution in [0, 0.1) is 5.92 Å². The number of aromatic amines is 1. The lowest BCUT2D eigenvalue weighted by molar-refractivity contribution is -0.132. The highest BCUT2D eigenvalue weighted by Gasteiger charge is 2.46. The molecule has 0 unspecified atom stereocenters. The molecule has 33 heavy (non-hydrogen) atoms. The SMILES string of the molecule is CC(C)[C@H](NC(=O)[C@@]1(NS(=O)(=O)c2ccccc2)CCc2[nH]c3ccccc3c2C1)C(N)=O. The minimum atomic E-state index is -4.02. The summed E-state index contributed by atoms with van der Waals surface area (Å²) in [5.41, 5.74) is 6.84. The van der Waals surface area contributed by atoms with Gasteiger partial charge in [-0.05, 0) is 42.5 Å². The second-order valence-electron chi connectivity index (χ2n) is 8.90. The van der Waals surface area contributed by atoms with Crippen molar-refractivity contribution in [1.29, 1.82) is 0 Å². The summed E-state index contributed by atoms with van der Waals surface area (Å²) in [7, 11) is -4.02. The number of carbonyl (C=O) groups excluding carboxylic acids is 2. The largest absolute Gasteiger partial charge is 0.368 e. The van der Waals surface area contributed by atoms with Crippen LogP contribution in [0.3, 0.4) is 0 Å². The molecule has 4 rings (SSSR count). The van der Waals surface area contributed by atoms with Gasteiger partial charge in [0.15, 0.2) is 0 Å². The van der Waals surface area contributed by atoms with Crippen LogP contribution >= 0.6 is 0 Å². The van der Waals surface area contributed by atoms with E-state index in [1.165, 1.54) is 12.1 Å². The van der Waals surface area contributed by atoms with Gasteiger partial charge >= 0.3 is 0 Å². The molecular weight excluding hydrogens is 440 g/mol. The molecule has 0 fully saturated rings. The van der Waals surface area contributed by atoms with Crippen LogP contribution in [0.1, 0.15) is 31.5 Å². The highest BCUT2D eigenvalue weighted by atomic mass is 32.2. The summed E-state index contributed by atoms with van der Waals surface area (Å²) in [4.78, 5) is 29.1. The summed E-state index contributed by atoms with van der Waals surface area (Å²) in [5.74, 6) is -1.47. The molecule has 1 heterocycles. The molecule has 1 aromatic heterocycles. The number of nitrogens with one attached hydrogen (secondary N) is 3. The summed E-state index contributed by atoms with van der Waals surface area (Å²) in [5, 5.41) is 3.66. The molecule has 0 spiro atoms. The molecule has 174 valence electrons. The zero-order chi connectivity index (χ0) is 23.8. The lowest BCUT2D eigenvalue weighted by Gasteiger charge is -2.37. The van der Waals surface area contributed by atoms with Crippen LogP contribution in [0.25, 0.3) is 10.9 Å². The van der Waals surface area contributed by atoms with Gasteiger partial charge in [0.05, 0.1) is 4.90 Å². The van der Waals surface area contributed by atoms with E-state index in [0.29, 0.717) is 6.42 Å². The van der Waals surface area contributed by atoms with E-state index in [2.05, 4.69) is 15.0 Å². The van der Waals surface area contributed by atoms with Crippen molar-refractivity contribution in [2.24, 2.45) is 11.7 Å². The number of rotatable bonds is 7. The zero-order valence-corrected chi connectivity index (χ0v) is 19.4. The quantitative estimate of drug-likeness (QED) is 0.422. The average molecular weight is 469 g/mol. The second kappa shape index (κ2) is 8.64. The lowest BCUT2D eigenvalue weighted by atomic mass is 9.79. The van der Waals surface area contributed by atoms with Crippen molar-refractivity contribution in [3.8, 4) is 0 Å². The van der Waals surface area contributed by atoms with Crippen molar-refractivity contribution in [3.63, 3.8) is 0 Å². The fourth-order valence-corrected chi connectivity index (χ4v) is 5.90. The number of aromatic nitrogens is 1. The van der Waals surface area contributed by atoms with Crippen LogP contribution in [0.15, 0.2) is 59.5 Å². The van der Waals surface area contributed by atoms with Crippen molar-refractivity contribution >= 4 is 32.7 Å². The van der Waals surface area contributed by atoms with E-state index in [4.69, 9.17) is 5.73 Å². The monoisotopic (exact) mass is 468 g/mol. The number of H-pyrrole nitrogens is 1. The second-order valence-corrected chi connectivity index (χ2v) is 10.6. The van der Waals surface area contributed by atoms with Crippen LogP contribution in [0.5, 0.6) is 0 Å². The maximum atomic E-state index is 13.7. The molecule has 0 aliphatic heterocycles. The lowest BCUT2D eigenvalue weighted by Crippen LogP contribution is -2.64. The first kappa shape index (κ1) is 23.0. The number of amides is 2. The molecule has 0 saturated heterocycles. The number of sulfonamides is 1. The Kier molecular flexibility index (Phi) is 6.02. The molecule has 3 aromatic rings. The Labute approximate surface area is 193 Å². The van der Waals surface area contributed by atoms with Crippen molar-refractivity contribution in [1.82, 2.24) is 15.0 Å². The first-order valence-corrected chi connectivity index (χ1v) is 12.4. The molecule has 1 aliphatic carbocycles. The number of para-hydroxylation sites is 1. The summed E-state index contributed by atoms with van der Waals surface area (Å²) in [6, 6.07) is 14.7. The fraction of sp³-hybridized carbons (Fsp3) is 0.333. The minimum absolute atomic E-state index is 0.0669. The van der Waals surface area contributed by atoms with E-state index >= 15 is 0 Å². The van der Waals surface area contributed by atoms with E-state index in [9.17, 15) is 18.0 Å². The van der Waals surface area contributed by atoms with Gasteiger partial charge in [0.1, 0.15) is 11.6 Å². The van der Waals surface area contributed by atoms with Gasteiger partial charge in [-0.25, -0.2) is 8.42 Å². The van der Waals surface area contributed by atoms with E-state index in [-0.39, 0.29) is 23.7 Å². The normalized spacial score (nSPS) is 19.2. The number of hydrogen-bond acceptors (Lipinski definition) is 4. The standard InChI is InChI=1S/C24H28N4O4S/c1-15(2)21(22(25)29)27-23(30)24(28-33(31,32)16-8-4-3-5-9-16)13-12-20-18(14-24)17-10-6-7-11-19(17)26-20/h3-11,15,21,26,28H,12-14H2,1-2H3,(H2,25,29)(H,27,30)/t21-,24+/m0/s1. The Bertz CT molecular complexity index is 1300. The number of primary amides is 1. The van der Waals surface area contributed by atoms with Gasteiger partial charge in [-0.15, -0.1) is 0 Å². The molecule has 1 aliphatic rings. The molecule has 2 aromatic carbocycles. The Morgan fingerprint density at radius 2 is 1.73 bits per heavy atom. The van der Waals surface area contributed by atoms with Crippen molar-refractivity contribution in [3.05, 3.63) is 65.9 Å². The highest BCUT2D eigenvalue weighted by molar-refractivity contribution is 7.89. The van der Waals surface area contributed by atoms with E-state index < -0.39 is 33.4 Å². The zero-order valence-electron chi connectivity index (χ0n) is 18.6. The molecule has 0 saturated carbocycles. The van der Waals surface area contributed by atoms with Crippen molar-refractivity contribution in [2.45, 2.75) is 49.6 Å². The number of aryl methyl sites for hydroxylation is 1. The molecule has 2 atom stereocenters. The molecular formula is C24H28N4O4S. The first-order chi connectivity index (χ1) is 15.6. The molecule has 2 amide bonds. The number of hydrogen-bond donors (Lipinski definition) is 4. The third-order valence-electron chi connectivity index (χ3n) is 6.26. The molecule has 0 bridgehead atoms. The Balaban J connectivity index is 1.77. The van der Waals surface area contributed by atoms with Gasteiger partial charge in [0, 0.05) is 23.0 Å². The number of carbonyl (C=O) groups is 2. The molecule has 0 radical (unpaired) electrons. The van der Waals surface area contributed by atoms with Gasteiger partial charge in [-0.3, -0.25) is 9.59 Å². The van der Waals surface area contributed by atoms with Gasteiger partial charge in [0.25, 0.3) is 0 Å². The Hall–Kier alpha value is -3.17. The van der Waals surface area contributed by atoms with Gasteiger partial charge < -0.3 is 16.0 Å². The third-order valence-corrected chi connectivity index (χ3v) is 7.81. The number of nitrogens with two attached hydrogens (primary N) is 1. The predicted octanol–water partition coefficient (Wildman–Crippen LogP) is 2.00. The van der Waals surface area contributed by atoms with Gasteiger partial charge in [0.2, 0.25) is 21.8 Å². The Morgan fingerprint density at radius 1 is 1.06 bits per heavy atom. The van der Waals surface area contributed by atoms with Crippen LogP contribution in [0.4, 0.5) is 0 Å². The average Bonchev–Trinajstić information content (AvgIpc) is 3.15. The first-order valence-electron chi connectivity index (χ1n) is 10.9. The Morgan fingerprint density at radius 3 is 2.39 bits per heavy atom. The maximum absolute atomic E-state index is 13.7. The van der Waals surface area contributed by atoms with Gasteiger partial charge in [-0.2, -0.15) is 4.72 Å².